The van der Waals surface area contributed by atoms with Gasteiger partial charge in [-0.3, -0.25) is 0 Å². The van der Waals surface area contributed by atoms with Gasteiger partial charge < -0.3 is 19.8 Å². The molecule has 1 heterocycles. The molecule has 1 unspecified atom stereocenters. The third-order valence-electron chi connectivity index (χ3n) is 4.30. The van der Waals surface area contributed by atoms with Crippen molar-refractivity contribution in [3.8, 4) is 5.75 Å². The van der Waals surface area contributed by atoms with E-state index >= 15 is 0 Å². The van der Waals surface area contributed by atoms with Crippen molar-refractivity contribution in [1.82, 2.24) is 10.6 Å². The fourth-order valence-electron chi connectivity index (χ4n) is 2.56. The number of ether oxygens (including phenoxy) is 1. The molecule has 0 amide bonds. The number of hydrogen-bond acceptors (Lipinski definition) is 3. The molecule has 2 N–H and O–H groups in total. The van der Waals surface area contributed by atoms with Crippen molar-refractivity contribution in [3.05, 3.63) is 53.7 Å². The summed E-state index contributed by atoms with van der Waals surface area (Å²) in [4.78, 5) is 4.50. The lowest BCUT2D eigenvalue weighted by atomic mass is 10.1. The number of benzene rings is 1. The van der Waals surface area contributed by atoms with Crippen LogP contribution in [0.4, 0.5) is 4.39 Å². The number of aliphatic imine (C=N–C) groups is 1. The average Bonchev–Trinajstić information content (AvgIpc) is 3.31. The second kappa shape index (κ2) is 8.74. The molecule has 0 bridgehead atoms. The van der Waals surface area contributed by atoms with Crippen LogP contribution in [-0.4, -0.2) is 19.1 Å². The van der Waals surface area contributed by atoms with Crippen LogP contribution >= 0.6 is 0 Å². The Morgan fingerprint density at radius 2 is 2.23 bits per heavy atom. The van der Waals surface area contributed by atoms with Gasteiger partial charge in [-0.05, 0) is 62.4 Å². The topological polar surface area (TPSA) is 58.8 Å². The first kappa shape index (κ1) is 18.3. The maximum atomic E-state index is 14.3. The molecule has 0 aliphatic heterocycles. The minimum Gasteiger partial charge on any atom is -0.490 e. The lowest BCUT2D eigenvalue weighted by molar-refractivity contribution is 0.285. The molecule has 1 aliphatic carbocycles. The van der Waals surface area contributed by atoms with Gasteiger partial charge in [0.25, 0.3) is 0 Å². The van der Waals surface area contributed by atoms with E-state index in [0.29, 0.717) is 30.8 Å². The van der Waals surface area contributed by atoms with Crippen LogP contribution in [0.15, 0.2) is 46.0 Å². The van der Waals surface area contributed by atoms with E-state index in [0.717, 1.165) is 17.9 Å². The van der Waals surface area contributed by atoms with Crippen molar-refractivity contribution in [3.63, 3.8) is 0 Å². The zero-order chi connectivity index (χ0) is 18.4. The van der Waals surface area contributed by atoms with Gasteiger partial charge in [0.15, 0.2) is 17.5 Å². The molecule has 1 aliphatic rings. The summed E-state index contributed by atoms with van der Waals surface area (Å²) in [7, 11) is 0. The van der Waals surface area contributed by atoms with Gasteiger partial charge in [-0.15, -0.1) is 0 Å². The molecule has 1 atom stereocenters. The van der Waals surface area contributed by atoms with Crippen LogP contribution in [0, 0.1) is 11.7 Å². The van der Waals surface area contributed by atoms with Crippen LogP contribution in [0.5, 0.6) is 5.75 Å². The number of furan rings is 1. The molecule has 26 heavy (non-hydrogen) atoms. The van der Waals surface area contributed by atoms with E-state index in [-0.39, 0.29) is 11.9 Å². The van der Waals surface area contributed by atoms with Crippen LogP contribution in [0.25, 0.3) is 0 Å². The molecule has 0 spiro atoms. The van der Waals surface area contributed by atoms with Crippen molar-refractivity contribution < 1.29 is 13.5 Å². The van der Waals surface area contributed by atoms with Gasteiger partial charge in [-0.1, -0.05) is 6.07 Å². The van der Waals surface area contributed by atoms with Gasteiger partial charge >= 0.3 is 0 Å². The maximum Gasteiger partial charge on any atom is 0.192 e. The Morgan fingerprint density at radius 1 is 1.38 bits per heavy atom. The smallest absolute Gasteiger partial charge is 0.192 e. The van der Waals surface area contributed by atoms with Gasteiger partial charge in [0.2, 0.25) is 0 Å². The van der Waals surface area contributed by atoms with E-state index in [9.17, 15) is 4.39 Å². The van der Waals surface area contributed by atoms with Gasteiger partial charge in [0, 0.05) is 6.54 Å². The summed E-state index contributed by atoms with van der Waals surface area (Å²) < 4.78 is 25.1. The molecule has 0 radical (unpaired) electrons. The molecule has 1 fully saturated rings. The van der Waals surface area contributed by atoms with E-state index in [2.05, 4.69) is 15.6 Å². The molecule has 3 rings (SSSR count). The minimum atomic E-state index is -0.325. The maximum absolute atomic E-state index is 14.3. The Morgan fingerprint density at radius 3 is 2.88 bits per heavy atom. The summed E-state index contributed by atoms with van der Waals surface area (Å²) in [6.45, 7) is 5.75. The van der Waals surface area contributed by atoms with Crippen LogP contribution in [-0.2, 0) is 6.54 Å². The van der Waals surface area contributed by atoms with Gasteiger partial charge in [-0.2, -0.15) is 0 Å². The van der Waals surface area contributed by atoms with Gasteiger partial charge in [0.05, 0.1) is 18.9 Å². The third-order valence-corrected chi connectivity index (χ3v) is 4.30. The monoisotopic (exact) mass is 359 g/mol. The highest BCUT2D eigenvalue weighted by atomic mass is 19.1. The molecular weight excluding hydrogens is 333 g/mol. The minimum absolute atomic E-state index is 0.101. The average molecular weight is 359 g/mol. The van der Waals surface area contributed by atoms with Gasteiger partial charge in [0.1, 0.15) is 12.3 Å². The SMILES string of the molecule is CCNC(=NCc1ccco1)NC(C)c1ccc(OCC2CC2)c(F)c1. The summed E-state index contributed by atoms with van der Waals surface area (Å²) in [6, 6.07) is 8.74. The normalized spacial score (nSPS) is 15.6. The summed E-state index contributed by atoms with van der Waals surface area (Å²) in [6.07, 6.45) is 4.00. The molecule has 6 heteroatoms. The van der Waals surface area contributed by atoms with E-state index in [1.165, 1.54) is 18.9 Å². The summed E-state index contributed by atoms with van der Waals surface area (Å²) in [5, 5.41) is 6.48. The molecule has 2 aromatic rings. The van der Waals surface area contributed by atoms with Crippen LogP contribution in [0.2, 0.25) is 0 Å². The predicted molar refractivity (Wildman–Crippen MR) is 99.7 cm³/mol. The second-order valence-electron chi connectivity index (χ2n) is 6.58. The van der Waals surface area contributed by atoms with E-state index < -0.39 is 0 Å². The van der Waals surface area contributed by atoms with Crippen molar-refractivity contribution in [2.75, 3.05) is 13.2 Å². The zero-order valence-electron chi connectivity index (χ0n) is 15.3. The molecule has 1 saturated carbocycles. The number of nitrogens with zero attached hydrogens (tertiary/aromatic N) is 1. The van der Waals surface area contributed by atoms with Crippen molar-refractivity contribution >= 4 is 5.96 Å². The largest absolute Gasteiger partial charge is 0.490 e. The Hall–Kier alpha value is -2.50. The first-order chi connectivity index (χ1) is 12.7. The number of nitrogens with one attached hydrogen (secondary N) is 2. The fourth-order valence-corrected chi connectivity index (χ4v) is 2.56. The van der Waals surface area contributed by atoms with Crippen molar-refractivity contribution in [2.24, 2.45) is 10.9 Å². The molecule has 0 saturated heterocycles. The molecule has 1 aromatic carbocycles. The third kappa shape index (κ3) is 5.25. The highest BCUT2D eigenvalue weighted by Crippen LogP contribution is 2.30. The Bertz CT molecular complexity index is 727. The van der Waals surface area contributed by atoms with Crippen molar-refractivity contribution in [2.45, 2.75) is 39.3 Å². The number of hydrogen-bond donors (Lipinski definition) is 2. The van der Waals surface area contributed by atoms with E-state index in [4.69, 9.17) is 9.15 Å². The number of rotatable bonds is 8. The standard InChI is InChI=1S/C20H26FN3O2/c1-3-22-20(23-12-17-5-4-10-25-17)24-14(2)16-8-9-19(18(21)11-16)26-13-15-6-7-15/h4-5,8-11,14-15H,3,6-7,12-13H2,1-2H3,(H2,22,23,24). The van der Waals surface area contributed by atoms with Crippen LogP contribution in [0.3, 0.4) is 0 Å². The molecule has 5 nitrogen and oxygen atoms in total. The van der Waals surface area contributed by atoms with Gasteiger partial charge in [-0.25, -0.2) is 9.38 Å². The second-order valence-corrected chi connectivity index (χ2v) is 6.58. The first-order valence-corrected chi connectivity index (χ1v) is 9.15. The van der Waals surface area contributed by atoms with Crippen LogP contribution in [0.1, 0.15) is 44.1 Å². The summed E-state index contributed by atoms with van der Waals surface area (Å²) in [5.74, 6) is 2.05. The summed E-state index contributed by atoms with van der Waals surface area (Å²) in [5.41, 5.74) is 0.838. The Kier molecular flexibility index (Phi) is 6.15. The number of guanidine groups is 1. The quantitative estimate of drug-likeness (QED) is 0.552. The highest BCUT2D eigenvalue weighted by Gasteiger charge is 2.22. The van der Waals surface area contributed by atoms with Crippen molar-refractivity contribution in [1.29, 1.82) is 0 Å². The molecule has 140 valence electrons. The van der Waals surface area contributed by atoms with Crippen LogP contribution < -0.4 is 15.4 Å². The summed E-state index contributed by atoms with van der Waals surface area (Å²) >= 11 is 0. The highest BCUT2D eigenvalue weighted by molar-refractivity contribution is 5.80. The Labute approximate surface area is 153 Å². The zero-order valence-corrected chi connectivity index (χ0v) is 15.3. The Balaban J connectivity index is 1.61. The fraction of sp³-hybridized carbons (Fsp3) is 0.450. The predicted octanol–water partition coefficient (Wildman–Crippen LogP) is 4.02. The number of halogens is 1. The first-order valence-electron chi connectivity index (χ1n) is 9.15. The lowest BCUT2D eigenvalue weighted by Crippen LogP contribution is -2.38. The lowest BCUT2D eigenvalue weighted by Gasteiger charge is -2.19. The molecular formula is C20H26FN3O2. The molecule has 1 aromatic heterocycles. The van der Waals surface area contributed by atoms with E-state index in [1.807, 2.05) is 32.0 Å². The van der Waals surface area contributed by atoms with E-state index in [1.54, 1.807) is 12.3 Å².